The maximum atomic E-state index is 12.0. The molecule has 0 atom stereocenters. The summed E-state index contributed by atoms with van der Waals surface area (Å²) in [5, 5.41) is 3.29. The smallest absolute Gasteiger partial charge is 0.178 e. The number of nitrogens with one attached hydrogen (secondary N) is 1. The van der Waals surface area contributed by atoms with Gasteiger partial charge in [0.1, 0.15) is 0 Å². The summed E-state index contributed by atoms with van der Waals surface area (Å²) in [5.74, 6) is 0.220. The van der Waals surface area contributed by atoms with Crippen LogP contribution < -0.4 is 10.2 Å². The van der Waals surface area contributed by atoms with E-state index in [9.17, 15) is 8.42 Å². The van der Waals surface area contributed by atoms with Gasteiger partial charge in [-0.15, -0.1) is 17.0 Å². The molecule has 0 radical (unpaired) electrons. The topological polar surface area (TPSA) is 49.4 Å². The molecule has 1 N–H and O–H groups in total. The molecule has 4 nitrogen and oxygen atoms in total. The summed E-state index contributed by atoms with van der Waals surface area (Å²) in [6.45, 7) is 5.64. The van der Waals surface area contributed by atoms with E-state index in [1.54, 1.807) is 12.1 Å². The molecule has 108 valence electrons. The van der Waals surface area contributed by atoms with Gasteiger partial charge in [0, 0.05) is 31.9 Å². The number of hydrogen-bond acceptors (Lipinski definition) is 4. The molecule has 1 aliphatic rings. The molecule has 0 saturated carbocycles. The largest absolute Gasteiger partial charge is 0.369 e. The zero-order valence-corrected chi connectivity index (χ0v) is 13.7. The van der Waals surface area contributed by atoms with Crippen LogP contribution in [0, 0.1) is 0 Å². The SMILES string of the molecule is Br.CCCS(=O)(=O)c1cccc(N2CCNCC2)c1. The summed E-state index contributed by atoms with van der Waals surface area (Å²) >= 11 is 0. The molecule has 1 aliphatic heterocycles. The Labute approximate surface area is 125 Å². The van der Waals surface area contributed by atoms with Crippen molar-refractivity contribution in [2.24, 2.45) is 0 Å². The van der Waals surface area contributed by atoms with Gasteiger partial charge in [0.25, 0.3) is 0 Å². The minimum Gasteiger partial charge on any atom is -0.369 e. The summed E-state index contributed by atoms with van der Waals surface area (Å²) in [7, 11) is -3.11. The van der Waals surface area contributed by atoms with Crippen molar-refractivity contribution in [1.29, 1.82) is 0 Å². The Morgan fingerprint density at radius 2 is 1.95 bits per heavy atom. The Balaban J connectivity index is 0.00000180. The van der Waals surface area contributed by atoms with Crippen LogP contribution in [0.5, 0.6) is 0 Å². The molecular formula is C13H21BrN2O2S. The lowest BCUT2D eigenvalue weighted by Gasteiger charge is -2.29. The number of nitrogens with zero attached hydrogens (tertiary/aromatic N) is 1. The van der Waals surface area contributed by atoms with Gasteiger partial charge in [-0.2, -0.15) is 0 Å². The van der Waals surface area contributed by atoms with Crippen molar-refractivity contribution in [3.63, 3.8) is 0 Å². The van der Waals surface area contributed by atoms with Crippen molar-refractivity contribution in [2.45, 2.75) is 18.2 Å². The fraction of sp³-hybridized carbons (Fsp3) is 0.538. The molecule has 0 aliphatic carbocycles. The summed E-state index contributed by atoms with van der Waals surface area (Å²) in [6, 6.07) is 7.31. The maximum Gasteiger partial charge on any atom is 0.178 e. The third-order valence-corrected chi connectivity index (χ3v) is 5.05. The van der Waals surface area contributed by atoms with Crippen LogP contribution >= 0.6 is 17.0 Å². The molecule has 1 aromatic carbocycles. The van der Waals surface area contributed by atoms with E-state index in [1.807, 2.05) is 19.1 Å². The first-order valence-corrected chi connectivity index (χ1v) is 8.07. The minimum atomic E-state index is -3.11. The first-order valence-electron chi connectivity index (χ1n) is 6.42. The van der Waals surface area contributed by atoms with E-state index in [4.69, 9.17) is 0 Å². The van der Waals surface area contributed by atoms with Gasteiger partial charge in [-0.3, -0.25) is 0 Å². The van der Waals surface area contributed by atoms with Gasteiger partial charge in [-0.05, 0) is 24.6 Å². The molecule has 1 fully saturated rings. The van der Waals surface area contributed by atoms with Crippen molar-refractivity contribution < 1.29 is 8.42 Å². The molecule has 0 spiro atoms. The van der Waals surface area contributed by atoms with Crippen LogP contribution in [0.3, 0.4) is 0 Å². The van der Waals surface area contributed by atoms with E-state index in [0.29, 0.717) is 11.3 Å². The summed E-state index contributed by atoms with van der Waals surface area (Å²) < 4.78 is 24.1. The predicted molar refractivity (Wildman–Crippen MR) is 84.2 cm³/mol. The average Bonchev–Trinajstić information content (AvgIpc) is 2.40. The Morgan fingerprint density at radius 3 is 2.58 bits per heavy atom. The molecule has 0 bridgehead atoms. The molecule has 0 unspecified atom stereocenters. The second-order valence-corrected chi connectivity index (χ2v) is 6.66. The van der Waals surface area contributed by atoms with E-state index in [-0.39, 0.29) is 22.7 Å². The number of rotatable bonds is 4. The summed E-state index contributed by atoms with van der Waals surface area (Å²) in [5.41, 5.74) is 1.01. The normalized spacial score (nSPS) is 15.9. The third kappa shape index (κ3) is 4.19. The van der Waals surface area contributed by atoms with Crippen molar-refractivity contribution in [3.05, 3.63) is 24.3 Å². The quantitative estimate of drug-likeness (QED) is 0.902. The van der Waals surface area contributed by atoms with Gasteiger partial charge in [0.2, 0.25) is 0 Å². The highest BCUT2D eigenvalue weighted by molar-refractivity contribution is 8.93. The van der Waals surface area contributed by atoms with Gasteiger partial charge in [0.05, 0.1) is 10.6 Å². The van der Waals surface area contributed by atoms with E-state index in [1.165, 1.54) is 0 Å². The monoisotopic (exact) mass is 348 g/mol. The van der Waals surface area contributed by atoms with Gasteiger partial charge >= 0.3 is 0 Å². The Kier molecular flexibility index (Phi) is 6.29. The summed E-state index contributed by atoms with van der Waals surface area (Å²) in [4.78, 5) is 2.67. The van der Waals surface area contributed by atoms with Crippen molar-refractivity contribution in [2.75, 3.05) is 36.8 Å². The molecule has 19 heavy (non-hydrogen) atoms. The standard InChI is InChI=1S/C13H20N2O2S.BrH/c1-2-10-18(16,17)13-5-3-4-12(11-13)15-8-6-14-7-9-15;/h3-5,11,14H,2,6-10H2,1H3;1H. The second kappa shape index (κ2) is 7.26. The first-order chi connectivity index (χ1) is 8.63. The van der Waals surface area contributed by atoms with Crippen LogP contribution in [0.15, 0.2) is 29.2 Å². The maximum absolute atomic E-state index is 12.0. The van der Waals surface area contributed by atoms with E-state index in [0.717, 1.165) is 31.9 Å². The molecular weight excluding hydrogens is 328 g/mol. The lowest BCUT2D eigenvalue weighted by atomic mass is 10.2. The lowest BCUT2D eigenvalue weighted by Crippen LogP contribution is -2.43. The third-order valence-electron chi connectivity index (χ3n) is 3.13. The Morgan fingerprint density at radius 1 is 1.26 bits per heavy atom. The molecule has 1 aromatic rings. The van der Waals surface area contributed by atoms with Gasteiger partial charge < -0.3 is 10.2 Å². The number of benzene rings is 1. The van der Waals surface area contributed by atoms with E-state index in [2.05, 4.69) is 10.2 Å². The first kappa shape index (κ1) is 16.5. The number of piperazine rings is 1. The minimum absolute atomic E-state index is 0. The molecule has 0 aromatic heterocycles. The van der Waals surface area contributed by atoms with Crippen LogP contribution in [0.25, 0.3) is 0 Å². The highest BCUT2D eigenvalue weighted by Gasteiger charge is 2.16. The molecule has 6 heteroatoms. The van der Waals surface area contributed by atoms with Crippen molar-refractivity contribution >= 4 is 32.5 Å². The zero-order chi connectivity index (χ0) is 13.0. The van der Waals surface area contributed by atoms with Gasteiger partial charge in [-0.25, -0.2) is 8.42 Å². The highest BCUT2D eigenvalue weighted by Crippen LogP contribution is 2.21. The van der Waals surface area contributed by atoms with Crippen LogP contribution in [0.1, 0.15) is 13.3 Å². The Bertz CT molecular complexity index is 499. The average molecular weight is 349 g/mol. The summed E-state index contributed by atoms with van der Waals surface area (Å²) in [6.07, 6.45) is 0.653. The van der Waals surface area contributed by atoms with Gasteiger partial charge in [-0.1, -0.05) is 13.0 Å². The fourth-order valence-electron chi connectivity index (χ4n) is 2.18. The van der Waals surface area contributed by atoms with Crippen molar-refractivity contribution in [1.82, 2.24) is 5.32 Å². The number of hydrogen-bond donors (Lipinski definition) is 1. The molecule has 2 rings (SSSR count). The van der Waals surface area contributed by atoms with E-state index < -0.39 is 9.84 Å². The molecule has 0 amide bonds. The lowest BCUT2D eigenvalue weighted by molar-refractivity contribution is 0.587. The Hall–Kier alpha value is -0.590. The van der Waals surface area contributed by atoms with E-state index >= 15 is 0 Å². The van der Waals surface area contributed by atoms with Crippen LogP contribution in [0.4, 0.5) is 5.69 Å². The predicted octanol–water partition coefficient (Wildman–Crippen LogP) is 1.86. The molecule has 1 saturated heterocycles. The highest BCUT2D eigenvalue weighted by atomic mass is 79.9. The number of anilines is 1. The van der Waals surface area contributed by atoms with Crippen molar-refractivity contribution in [3.8, 4) is 0 Å². The van der Waals surface area contributed by atoms with Crippen LogP contribution in [-0.2, 0) is 9.84 Å². The number of halogens is 1. The van der Waals surface area contributed by atoms with Crippen LogP contribution in [-0.4, -0.2) is 40.3 Å². The van der Waals surface area contributed by atoms with Gasteiger partial charge in [0.15, 0.2) is 9.84 Å². The molecule has 1 heterocycles. The number of sulfone groups is 1. The second-order valence-electron chi connectivity index (χ2n) is 4.55. The zero-order valence-electron chi connectivity index (χ0n) is 11.1. The van der Waals surface area contributed by atoms with Crippen LogP contribution in [0.2, 0.25) is 0 Å². The fourth-order valence-corrected chi connectivity index (χ4v) is 3.54.